The Morgan fingerprint density at radius 3 is 2.64 bits per heavy atom. The van der Waals surface area contributed by atoms with E-state index in [0.29, 0.717) is 12.8 Å². The minimum atomic E-state index is -0.606. The topological polar surface area (TPSA) is 55.8 Å². The van der Waals surface area contributed by atoms with Crippen LogP contribution in [0.15, 0.2) is 0 Å². The molecular weight excluding hydrogens is 184 g/mol. The van der Waals surface area contributed by atoms with E-state index in [1.165, 1.54) is 0 Å². The minimum Gasteiger partial charge on any atom is -0.427 e. The standard InChI is InChI=1S/C10H18O4/c1-4-7(11)5-6-8-10(2,3)14-9(12)13-8/h7-8,11H,4-6H2,1-3H3/t7-,8+/m0/s1. The van der Waals surface area contributed by atoms with Crippen LogP contribution in [-0.2, 0) is 9.47 Å². The van der Waals surface area contributed by atoms with Crippen molar-refractivity contribution in [3.05, 3.63) is 0 Å². The first-order valence-corrected chi connectivity index (χ1v) is 5.03. The van der Waals surface area contributed by atoms with Crippen LogP contribution in [0.5, 0.6) is 0 Å². The van der Waals surface area contributed by atoms with E-state index >= 15 is 0 Å². The number of rotatable bonds is 4. The summed E-state index contributed by atoms with van der Waals surface area (Å²) in [5, 5.41) is 9.37. The zero-order chi connectivity index (χ0) is 10.8. The second kappa shape index (κ2) is 4.17. The van der Waals surface area contributed by atoms with Gasteiger partial charge in [0.05, 0.1) is 6.10 Å². The molecule has 82 valence electrons. The van der Waals surface area contributed by atoms with E-state index in [4.69, 9.17) is 9.47 Å². The molecule has 4 nitrogen and oxygen atoms in total. The molecule has 1 heterocycles. The van der Waals surface area contributed by atoms with Gasteiger partial charge in [-0.25, -0.2) is 4.79 Å². The number of carbonyl (C=O) groups excluding carboxylic acids is 1. The summed E-state index contributed by atoms with van der Waals surface area (Å²) in [4.78, 5) is 10.9. The fourth-order valence-electron chi connectivity index (χ4n) is 1.52. The van der Waals surface area contributed by atoms with E-state index < -0.39 is 11.8 Å². The lowest BCUT2D eigenvalue weighted by Gasteiger charge is -2.22. The van der Waals surface area contributed by atoms with Crippen LogP contribution in [0.1, 0.15) is 40.0 Å². The monoisotopic (exact) mass is 202 g/mol. The van der Waals surface area contributed by atoms with Gasteiger partial charge in [-0.15, -0.1) is 0 Å². The summed E-state index contributed by atoms with van der Waals surface area (Å²) in [7, 11) is 0. The van der Waals surface area contributed by atoms with E-state index in [-0.39, 0.29) is 12.2 Å². The van der Waals surface area contributed by atoms with Crippen LogP contribution in [0.25, 0.3) is 0 Å². The molecule has 1 saturated heterocycles. The van der Waals surface area contributed by atoms with Crippen molar-refractivity contribution < 1.29 is 19.4 Å². The lowest BCUT2D eigenvalue weighted by Crippen LogP contribution is -2.33. The summed E-state index contributed by atoms with van der Waals surface area (Å²) < 4.78 is 9.98. The summed E-state index contributed by atoms with van der Waals surface area (Å²) in [6.07, 6.45) is 0.851. The fourth-order valence-corrected chi connectivity index (χ4v) is 1.52. The van der Waals surface area contributed by atoms with Crippen LogP contribution in [0, 0.1) is 0 Å². The molecule has 0 radical (unpaired) electrons. The summed E-state index contributed by atoms with van der Waals surface area (Å²) in [5.74, 6) is 0. The molecule has 0 amide bonds. The first-order chi connectivity index (χ1) is 6.45. The van der Waals surface area contributed by atoms with E-state index in [1.54, 1.807) is 0 Å². The third-order valence-electron chi connectivity index (χ3n) is 2.59. The van der Waals surface area contributed by atoms with Gasteiger partial charge in [-0.3, -0.25) is 0 Å². The molecule has 4 heteroatoms. The van der Waals surface area contributed by atoms with Gasteiger partial charge in [0.2, 0.25) is 0 Å². The first-order valence-electron chi connectivity index (χ1n) is 5.03. The van der Waals surface area contributed by atoms with Crippen LogP contribution in [0.4, 0.5) is 4.79 Å². The quantitative estimate of drug-likeness (QED) is 0.707. The van der Waals surface area contributed by atoms with Gasteiger partial charge in [0.25, 0.3) is 0 Å². The van der Waals surface area contributed by atoms with E-state index in [0.717, 1.165) is 6.42 Å². The zero-order valence-electron chi connectivity index (χ0n) is 8.95. The van der Waals surface area contributed by atoms with Gasteiger partial charge in [0.15, 0.2) is 0 Å². The molecule has 0 saturated carbocycles. The SMILES string of the molecule is CC[C@H](O)CC[C@H]1OC(=O)OC1(C)C. The third-order valence-corrected chi connectivity index (χ3v) is 2.59. The predicted octanol–water partition coefficient (Wildman–Crippen LogP) is 1.85. The molecule has 0 aliphatic carbocycles. The maximum atomic E-state index is 10.9. The van der Waals surface area contributed by atoms with E-state index in [2.05, 4.69) is 0 Å². The Hall–Kier alpha value is -0.770. The smallest absolute Gasteiger partial charge is 0.427 e. The average Bonchev–Trinajstić information content (AvgIpc) is 2.35. The lowest BCUT2D eigenvalue weighted by atomic mass is 9.96. The molecule has 1 aliphatic heterocycles. The Kier molecular flexibility index (Phi) is 3.37. The molecule has 2 atom stereocenters. The Bertz CT molecular complexity index is 212. The molecule has 1 fully saturated rings. The van der Waals surface area contributed by atoms with Gasteiger partial charge in [-0.1, -0.05) is 6.92 Å². The van der Waals surface area contributed by atoms with Crippen LogP contribution in [0.3, 0.4) is 0 Å². The fraction of sp³-hybridized carbons (Fsp3) is 0.900. The third kappa shape index (κ3) is 2.61. The minimum absolute atomic E-state index is 0.240. The second-order valence-corrected chi connectivity index (χ2v) is 4.20. The summed E-state index contributed by atoms with van der Waals surface area (Å²) in [6, 6.07) is 0. The van der Waals surface area contributed by atoms with Crippen molar-refractivity contribution in [2.45, 2.75) is 57.8 Å². The average molecular weight is 202 g/mol. The Morgan fingerprint density at radius 2 is 2.21 bits per heavy atom. The molecule has 14 heavy (non-hydrogen) atoms. The number of ether oxygens (including phenoxy) is 2. The van der Waals surface area contributed by atoms with E-state index in [1.807, 2.05) is 20.8 Å². The van der Waals surface area contributed by atoms with Crippen molar-refractivity contribution in [3.8, 4) is 0 Å². The van der Waals surface area contributed by atoms with Gasteiger partial charge in [-0.2, -0.15) is 0 Å². The predicted molar refractivity (Wildman–Crippen MR) is 51.0 cm³/mol. The van der Waals surface area contributed by atoms with Crippen LogP contribution >= 0.6 is 0 Å². The molecule has 1 rings (SSSR count). The number of aliphatic hydroxyl groups is 1. The van der Waals surface area contributed by atoms with Crippen molar-refractivity contribution in [2.75, 3.05) is 0 Å². The normalized spacial score (nSPS) is 26.9. The summed E-state index contributed by atoms with van der Waals surface area (Å²) in [5.41, 5.74) is -0.565. The van der Waals surface area contributed by atoms with Crippen molar-refractivity contribution >= 4 is 6.16 Å². The molecule has 0 spiro atoms. The molecule has 0 aromatic rings. The molecular formula is C10H18O4. The number of carbonyl (C=O) groups is 1. The second-order valence-electron chi connectivity index (χ2n) is 4.20. The summed E-state index contributed by atoms with van der Waals surface area (Å²) >= 11 is 0. The van der Waals surface area contributed by atoms with Crippen molar-refractivity contribution in [1.29, 1.82) is 0 Å². The summed E-state index contributed by atoms with van der Waals surface area (Å²) in [6.45, 7) is 5.56. The van der Waals surface area contributed by atoms with Crippen LogP contribution in [-0.4, -0.2) is 29.1 Å². The highest BCUT2D eigenvalue weighted by Crippen LogP contribution is 2.29. The van der Waals surface area contributed by atoms with Gasteiger partial charge < -0.3 is 14.6 Å². The zero-order valence-corrected chi connectivity index (χ0v) is 8.95. The molecule has 0 bridgehead atoms. The molecule has 0 unspecified atom stereocenters. The maximum absolute atomic E-state index is 10.9. The van der Waals surface area contributed by atoms with Crippen molar-refractivity contribution in [2.24, 2.45) is 0 Å². The van der Waals surface area contributed by atoms with Crippen molar-refractivity contribution in [3.63, 3.8) is 0 Å². The number of hydrogen-bond acceptors (Lipinski definition) is 4. The maximum Gasteiger partial charge on any atom is 0.509 e. The van der Waals surface area contributed by atoms with Gasteiger partial charge in [0, 0.05) is 0 Å². The van der Waals surface area contributed by atoms with Crippen molar-refractivity contribution in [1.82, 2.24) is 0 Å². The number of cyclic esters (lactones) is 2. The molecule has 0 aromatic heterocycles. The molecule has 0 aromatic carbocycles. The molecule has 1 N–H and O–H groups in total. The van der Waals surface area contributed by atoms with Gasteiger partial charge >= 0.3 is 6.16 Å². The van der Waals surface area contributed by atoms with E-state index in [9.17, 15) is 9.90 Å². The highest BCUT2D eigenvalue weighted by atomic mass is 16.8. The highest BCUT2D eigenvalue weighted by Gasteiger charge is 2.43. The Labute approximate surface area is 84.2 Å². The van der Waals surface area contributed by atoms with Crippen LogP contribution < -0.4 is 0 Å². The van der Waals surface area contributed by atoms with Gasteiger partial charge in [0.1, 0.15) is 11.7 Å². The Morgan fingerprint density at radius 1 is 1.57 bits per heavy atom. The number of hydrogen-bond donors (Lipinski definition) is 1. The number of aliphatic hydroxyl groups excluding tert-OH is 1. The largest absolute Gasteiger partial charge is 0.509 e. The lowest BCUT2D eigenvalue weighted by molar-refractivity contribution is 0.0506. The highest BCUT2D eigenvalue weighted by molar-refractivity contribution is 5.63. The Balaban J connectivity index is 2.41. The van der Waals surface area contributed by atoms with Crippen LogP contribution in [0.2, 0.25) is 0 Å². The van der Waals surface area contributed by atoms with Gasteiger partial charge in [-0.05, 0) is 33.1 Å². The first kappa shape index (κ1) is 11.3. The molecule has 1 aliphatic rings.